The van der Waals surface area contributed by atoms with Gasteiger partial charge in [0.05, 0.1) is 11.5 Å². The third-order valence-corrected chi connectivity index (χ3v) is 4.27. The van der Waals surface area contributed by atoms with Gasteiger partial charge in [-0.15, -0.1) is 11.3 Å². The molecule has 1 heterocycles. The van der Waals surface area contributed by atoms with Crippen molar-refractivity contribution >= 4 is 27.3 Å². The van der Waals surface area contributed by atoms with Gasteiger partial charge < -0.3 is 10.1 Å². The molecule has 0 radical (unpaired) electrons. The number of nitrogens with one attached hydrogen (secondary N) is 1. The number of benzene rings is 1. The Hall–Kier alpha value is -1.46. The van der Waals surface area contributed by atoms with Gasteiger partial charge in [0.1, 0.15) is 5.82 Å². The summed E-state index contributed by atoms with van der Waals surface area (Å²) in [6.07, 6.45) is 1.96. The minimum absolute atomic E-state index is 0.147. The van der Waals surface area contributed by atoms with Gasteiger partial charge in [0, 0.05) is 29.3 Å². The molecule has 0 atom stereocenters. The second-order valence-electron chi connectivity index (χ2n) is 4.57. The first kappa shape index (κ1) is 14.9. The predicted octanol–water partition coefficient (Wildman–Crippen LogP) is 3.72. The number of halogens is 1. The van der Waals surface area contributed by atoms with Gasteiger partial charge in [0.2, 0.25) is 0 Å². The molecule has 3 nitrogen and oxygen atoms in total. The summed E-state index contributed by atoms with van der Waals surface area (Å²) < 4.78 is 19.9. The summed E-state index contributed by atoms with van der Waals surface area (Å²) in [4.78, 5) is 12.8. The molecule has 0 fully saturated rings. The Kier molecular flexibility index (Phi) is 5.09. The molecule has 2 aromatic rings. The molecule has 1 N–H and O–H groups in total. The molecule has 1 aromatic carbocycles. The number of rotatable bonds is 6. The smallest absolute Gasteiger partial charge is 0.261 e. The first-order valence-corrected chi connectivity index (χ1v) is 7.47. The fourth-order valence-corrected chi connectivity index (χ4v) is 3.23. The number of thiophene rings is 1. The first-order valence-electron chi connectivity index (χ1n) is 6.66. The lowest BCUT2D eigenvalue weighted by molar-refractivity contribution is 0.0953. The lowest BCUT2D eigenvalue weighted by atomic mass is 10.1. The van der Waals surface area contributed by atoms with Gasteiger partial charge in [-0.2, -0.15) is 0 Å². The van der Waals surface area contributed by atoms with Crippen molar-refractivity contribution in [1.82, 2.24) is 5.32 Å². The van der Waals surface area contributed by atoms with Crippen LogP contribution in [0.2, 0.25) is 0 Å². The van der Waals surface area contributed by atoms with Crippen LogP contribution in [0.15, 0.2) is 18.2 Å². The van der Waals surface area contributed by atoms with Crippen molar-refractivity contribution < 1.29 is 13.9 Å². The van der Waals surface area contributed by atoms with E-state index in [1.807, 2.05) is 6.07 Å². The topological polar surface area (TPSA) is 38.3 Å². The van der Waals surface area contributed by atoms with Gasteiger partial charge in [0.15, 0.2) is 0 Å². The second-order valence-corrected chi connectivity index (χ2v) is 5.62. The van der Waals surface area contributed by atoms with Crippen molar-refractivity contribution in [2.24, 2.45) is 0 Å². The van der Waals surface area contributed by atoms with Gasteiger partial charge >= 0.3 is 0 Å². The van der Waals surface area contributed by atoms with Crippen LogP contribution in [0.1, 0.15) is 35.0 Å². The zero-order valence-electron chi connectivity index (χ0n) is 11.7. The fourth-order valence-electron chi connectivity index (χ4n) is 2.09. The number of hydrogen-bond donors (Lipinski definition) is 1. The Morgan fingerprint density at radius 1 is 1.45 bits per heavy atom. The molecule has 5 heteroatoms. The number of ether oxygens (including phenoxy) is 1. The van der Waals surface area contributed by atoms with Crippen LogP contribution < -0.4 is 5.32 Å². The van der Waals surface area contributed by atoms with Crippen LogP contribution in [0.4, 0.5) is 4.39 Å². The molecule has 2 rings (SSSR count). The van der Waals surface area contributed by atoms with Crippen LogP contribution in [0, 0.1) is 5.82 Å². The zero-order valence-corrected chi connectivity index (χ0v) is 12.5. The average Bonchev–Trinajstić information content (AvgIpc) is 2.80. The van der Waals surface area contributed by atoms with E-state index in [4.69, 9.17) is 4.74 Å². The molecule has 1 amide bonds. The van der Waals surface area contributed by atoms with Gasteiger partial charge in [-0.25, -0.2) is 4.39 Å². The van der Waals surface area contributed by atoms with E-state index in [-0.39, 0.29) is 18.3 Å². The highest BCUT2D eigenvalue weighted by Crippen LogP contribution is 2.33. The number of hydrogen-bond acceptors (Lipinski definition) is 3. The van der Waals surface area contributed by atoms with Crippen molar-refractivity contribution in [3.05, 3.63) is 34.5 Å². The number of carbonyl (C=O) groups excluding carboxylic acids is 1. The maximum Gasteiger partial charge on any atom is 0.261 e. The summed E-state index contributed by atoms with van der Waals surface area (Å²) in [5.41, 5.74) is 0.639. The summed E-state index contributed by atoms with van der Waals surface area (Å²) in [5.74, 6) is -0.454. The SMILES string of the molecule is CCCCNC(=O)c1sc2cccc(F)c2c1COC. The Balaban J connectivity index is 2.39. The normalized spacial score (nSPS) is 10.9. The summed E-state index contributed by atoms with van der Waals surface area (Å²) in [7, 11) is 1.54. The highest BCUT2D eigenvalue weighted by atomic mass is 32.1. The van der Waals surface area contributed by atoms with Crippen LogP contribution in [-0.4, -0.2) is 19.6 Å². The third-order valence-electron chi connectivity index (χ3n) is 3.07. The van der Waals surface area contributed by atoms with Crippen molar-refractivity contribution in [3.8, 4) is 0 Å². The van der Waals surface area contributed by atoms with Crippen LogP contribution in [0.25, 0.3) is 10.1 Å². The first-order chi connectivity index (χ1) is 9.69. The summed E-state index contributed by atoms with van der Waals surface area (Å²) in [5, 5.41) is 3.37. The van der Waals surface area contributed by atoms with Gasteiger partial charge in [-0.1, -0.05) is 19.4 Å². The zero-order chi connectivity index (χ0) is 14.5. The quantitative estimate of drug-likeness (QED) is 0.825. The Morgan fingerprint density at radius 3 is 2.95 bits per heavy atom. The molecule has 0 saturated carbocycles. The van der Waals surface area contributed by atoms with Gasteiger partial charge in [-0.3, -0.25) is 4.79 Å². The molecule has 108 valence electrons. The highest BCUT2D eigenvalue weighted by Gasteiger charge is 2.20. The Morgan fingerprint density at radius 2 is 2.25 bits per heavy atom. The van der Waals surface area contributed by atoms with Crippen LogP contribution >= 0.6 is 11.3 Å². The van der Waals surface area contributed by atoms with E-state index in [1.54, 1.807) is 13.2 Å². The number of fused-ring (bicyclic) bond motifs is 1. The maximum absolute atomic E-state index is 14.0. The van der Waals surface area contributed by atoms with Crippen LogP contribution in [-0.2, 0) is 11.3 Å². The van der Waals surface area contributed by atoms with E-state index in [0.29, 0.717) is 22.4 Å². The number of methoxy groups -OCH3 is 1. The lowest BCUT2D eigenvalue weighted by Crippen LogP contribution is -2.24. The van der Waals surface area contributed by atoms with E-state index in [2.05, 4.69) is 12.2 Å². The largest absolute Gasteiger partial charge is 0.380 e. The second kappa shape index (κ2) is 6.81. The Labute approximate surface area is 121 Å². The third kappa shape index (κ3) is 2.99. The monoisotopic (exact) mass is 295 g/mol. The summed E-state index contributed by atoms with van der Waals surface area (Å²) >= 11 is 1.31. The maximum atomic E-state index is 14.0. The lowest BCUT2D eigenvalue weighted by Gasteiger charge is -2.05. The highest BCUT2D eigenvalue weighted by molar-refractivity contribution is 7.21. The van der Waals surface area contributed by atoms with E-state index >= 15 is 0 Å². The van der Waals surface area contributed by atoms with E-state index < -0.39 is 0 Å². The molecule has 0 aliphatic rings. The molecule has 0 spiro atoms. The predicted molar refractivity (Wildman–Crippen MR) is 79.7 cm³/mol. The van der Waals surface area contributed by atoms with E-state index in [9.17, 15) is 9.18 Å². The molecule has 0 unspecified atom stereocenters. The molecule has 0 saturated heterocycles. The van der Waals surface area contributed by atoms with Crippen molar-refractivity contribution in [3.63, 3.8) is 0 Å². The van der Waals surface area contributed by atoms with Crippen LogP contribution in [0.3, 0.4) is 0 Å². The van der Waals surface area contributed by atoms with E-state index in [1.165, 1.54) is 17.4 Å². The van der Waals surface area contributed by atoms with Crippen molar-refractivity contribution in [1.29, 1.82) is 0 Å². The molecule has 1 aromatic heterocycles. The van der Waals surface area contributed by atoms with Crippen molar-refractivity contribution in [2.45, 2.75) is 26.4 Å². The van der Waals surface area contributed by atoms with Crippen LogP contribution in [0.5, 0.6) is 0 Å². The number of amides is 1. The summed E-state index contributed by atoms with van der Waals surface area (Å²) in [6, 6.07) is 4.89. The van der Waals surface area contributed by atoms with Crippen molar-refractivity contribution in [2.75, 3.05) is 13.7 Å². The molecule has 0 bridgehead atoms. The Bertz CT molecular complexity index is 609. The average molecular weight is 295 g/mol. The van der Waals surface area contributed by atoms with Gasteiger partial charge in [-0.05, 0) is 18.6 Å². The molecular weight excluding hydrogens is 277 g/mol. The minimum atomic E-state index is -0.307. The number of carbonyl (C=O) groups is 1. The minimum Gasteiger partial charge on any atom is -0.380 e. The standard InChI is InChI=1S/C15H18FNO2S/c1-3-4-8-17-15(18)14-10(9-19-2)13-11(16)6-5-7-12(13)20-14/h5-7H,3-4,8-9H2,1-2H3,(H,17,18). The number of unbranched alkanes of at least 4 members (excludes halogenated alkanes) is 1. The molecule has 20 heavy (non-hydrogen) atoms. The molecule has 0 aliphatic carbocycles. The molecular formula is C15H18FNO2S. The fraction of sp³-hybridized carbons (Fsp3) is 0.400. The van der Waals surface area contributed by atoms with E-state index in [0.717, 1.165) is 17.5 Å². The summed E-state index contributed by atoms with van der Waals surface area (Å²) in [6.45, 7) is 2.94. The van der Waals surface area contributed by atoms with Gasteiger partial charge in [0.25, 0.3) is 5.91 Å². The molecule has 0 aliphatic heterocycles.